The molecule has 0 rings (SSSR count). The van der Waals surface area contributed by atoms with Crippen LogP contribution >= 0.6 is 31.9 Å². The molecule has 0 aliphatic carbocycles. The number of aldehydes is 1. The van der Waals surface area contributed by atoms with Gasteiger partial charge in [-0.05, 0) is 31.9 Å². The van der Waals surface area contributed by atoms with Crippen molar-refractivity contribution in [3.05, 3.63) is 0 Å². The zero-order valence-corrected chi connectivity index (χ0v) is 6.36. The molecule has 7 heavy (non-hydrogen) atoms. The summed E-state index contributed by atoms with van der Waals surface area (Å²) in [5, 5.41) is 8.02. The van der Waals surface area contributed by atoms with Crippen LogP contribution in [0.25, 0.3) is 0 Å². The first-order valence-corrected chi connectivity index (χ1v) is 2.96. The largest absolute Gasteiger partial charge is 0.300 e. The van der Waals surface area contributed by atoms with Gasteiger partial charge in [-0.25, -0.2) is 0 Å². The van der Waals surface area contributed by atoms with E-state index in [2.05, 4.69) is 31.9 Å². The molecular formula is C3HBr2NO. The minimum absolute atomic E-state index is 0.465. The van der Waals surface area contributed by atoms with E-state index in [1.54, 1.807) is 6.07 Å². The summed E-state index contributed by atoms with van der Waals surface area (Å²) in [5.74, 6) is 0. The van der Waals surface area contributed by atoms with Crippen LogP contribution in [0.15, 0.2) is 0 Å². The van der Waals surface area contributed by atoms with Crippen LogP contribution in [0.5, 0.6) is 0 Å². The van der Waals surface area contributed by atoms with E-state index in [0.29, 0.717) is 6.29 Å². The van der Waals surface area contributed by atoms with Crippen LogP contribution in [0, 0.1) is 11.3 Å². The van der Waals surface area contributed by atoms with Gasteiger partial charge in [0.25, 0.3) is 0 Å². The number of carbonyl (C=O) groups is 1. The maximum absolute atomic E-state index is 9.74. The second-order valence-electron chi connectivity index (χ2n) is 0.853. The normalized spacial score (nSPS) is 9.86. The SMILES string of the molecule is N#CC(Br)(Br)C=O. The minimum Gasteiger partial charge on any atom is -0.300 e. The molecule has 0 aliphatic rings. The van der Waals surface area contributed by atoms with Crippen LogP contribution in [-0.2, 0) is 4.79 Å². The van der Waals surface area contributed by atoms with Crippen LogP contribution in [0.4, 0.5) is 0 Å². The molecule has 0 aromatic carbocycles. The lowest BCUT2D eigenvalue weighted by Crippen LogP contribution is -2.07. The standard InChI is InChI=1S/C3HBr2NO/c4-3(5,1-6)2-7/h2H. The number of rotatable bonds is 1. The van der Waals surface area contributed by atoms with Gasteiger partial charge in [-0.2, -0.15) is 5.26 Å². The first-order chi connectivity index (χ1) is 3.12. The van der Waals surface area contributed by atoms with Crippen LogP contribution < -0.4 is 0 Å². The monoisotopic (exact) mass is 225 g/mol. The summed E-state index contributed by atoms with van der Waals surface area (Å²) < 4.78 is -1.17. The second kappa shape index (κ2) is 2.43. The summed E-state index contributed by atoms with van der Waals surface area (Å²) in [6, 6.07) is 1.66. The molecule has 0 aromatic rings. The van der Waals surface area contributed by atoms with Crippen LogP contribution in [0.3, 0.4) is 0 Å². The van der Waals surface area contributed by atoms with Crippen molar-refractivity contribution in [3.8, 4) is 6.07 Å². The fraction of sp³-hybridized carbons (Fsp3) is 0.333. The van der Waals surface area contributed by atoms with E-state index in [1.165, 1.54) is 0 Å². The van der Waals surface area contributed by atoms with E-state index < -0.39 is 3.23 Å². The molecule has 0 bridgehead atoms. The van der Waals surface area contributed by atoms with Crippen molar-refractivity contribution in [2.75, 3.05) is 0 Å². The fourth-order valence-electron chi connectivity index (χ4n) is 0.0264. The van der Waals surface area contributed by atoms with Gasteiger partial charge in [0.15, 0.2) is 6.29 Å². The highest BCUT2D eigenvalue weighted by molar-refractivity contribution is 9.26. The summed E-state index contributed by atoms with van der Waals surface area (Å²) in [5.41, 5.74) is 0. The van der Waals surface area contributed by atoms with Gasteiger partial charge in [0, 0.05) is 0 Å². The number of alkyl halides is 2. The molecular weight excluding hydrogens is 226 g/mol. The maximum atomic E-state index is 9.74. The topological polar surface area (TPSA) is 40.9 Å². The van der Waals surface area contributed by atoms with Crippen molar-refractivity contribution in [2.24, 2.45) is 0 Å². The van der Waals surface area contributed by atoms with Crippen LogP contribution in [-0.4, -0.2) is 9.52 Å². The van der Waals surface area contributed by atoms with Gasteiger partial charge in [-0.15, -0.1) is 0 Å². The van der Waals surface area contributed by atoms with Gasteiger partial charge in [0.2, 0.25) is 3.23 Å². The Labute approximate surface area is 57.8 Å². The van der Waals surface area contributed by atoms with Crippen molar-refractivity contribution >= 4 is 38.1 Å². The Hall–Kier alpha value is 0.120. The molecule has 38 valence electrons. The zero-order chi connectivity index (χ0) is 5.91. The van der Waals surface area contributed by atoms with Crippen molar-refractivity contribution in [2.45, 2.75) is 3.23 Å². The van der Waals surface area contributed by atoms with Gasteiger partial charge in [-0.1, -0.05) is 0 Å². The predicted octanol–water partition coefficient (Wildman–Crippen LogP) is 1.19. The Balaban J connectivity index is 3.91. The molecule has 0 saturated heterocycles. The zero-order valence-electron chi connectivity index (χ0n) is 3.19. The molecule has 4 heteroatoms. The number of carbonyl (C=O) groups excluding carboxylic acids is 1. The molecule has 0 N–H and O–H groups in total. The highest BCUT2D eigenvalue weighted by atomic mass is 79.9. The molecule has 0 aliphatic heterocycles. The molecule has 0 atom stereocenters. The quantitative estimate of drug-likeness (QED) is 0.498. The molecule has 0 radical (unpaired) electrons. The minimum atomic E-state index is -1.17. The van der Waals surface area contributed by atoms with Crippen molar-refractivity contribution in [1.29, 1.82) is 5.26 Å². The number of nitrogens with zero attached hydrogens (tertiary/aromatic N) is 1. The van der Waals surface area contributed by atoms with Gasteiger partial charge in [-0.3, -0.25) is 4.79 Å². The summed E-state index contributed by atoms with van der Waals surface area (Å²) >= 11 is 5.53. The molecule has 0 aromatic heterocycles. The molecule has 2 nitrogen and oxygen atoms in total. The molecule has 0 heterocycles. The third kappa shape index (κ3) is 2.77. The van der Waals surface area contributed by atoms with E-state index in [0.717, 1.165) is 0 Å². The molecule has 0 unspecified atom stereocenters. The smallest absolute Gasteiger partial charge is 0.220 e. The van der Waals surface area contributed by atoms with Crippen molar-refractivity contribution in [1.82, 2.24) is 0 Å². The van der Waals surface area contributed by atoms with Crippen molar-refractivity contribution < 1.29 is 4.79 Å². The van der Waals surface area contributed by atoms with Gasteiger partial charge in [0.1, 0.15) is 6.07 Å². The van der Waals surface area contributed by atoms with E-state index in [1.807, 2.05) is 0 Å². The first-order valence-electron chi connectivity index (χ1n) is 1.38. The number of hydrogen-bond acceptors (Lipinski definition) is 2. The molecule has 0 saturated carbocycles. The lowest BCUT2D eigenvalue weighted by Gasteiger charge is -1.94. The third-order valence-electron chi connectivity index (χ3n) is 0.297. The Morgan fingerprint density at radius 2 is 2.14 bits per heavy atom. The maximum Gasteiger partial charge on any atom is 0.220 e. The Kier molecular flexibility index (Phi) is 2.47. The van der Waals surface area contributed by atoms with Gasteiger partial charge >= 0.3 is 0 Å². The highest BCUT2D eigenvalue weighted by Gasteiger charge is 2.18. The first kappa shape index (κ1) is 7.12. The average Bonchev–Trinajstić information content (AvgIpc) is 1.68. The lowest BCUT2D eigenvalue weighted by molar-refractivity contribution is -0.107. The fourth-order valence-corrected chi connectivity index (χ4v) is 0.0264. The lowest BCUT2D eigenvalue weighted by atomic mass is 10.5. The van der Waals surface area contributed by atoms with Gasteiger partial charge < -0.3 is 0 Å². The average molecular weight is 227 g/mol. The summed E-state index contributed by atoms with van der Waals surface area (Å²) in [6.45, 7) is 0. The molecule has 0 spiro atoms. The van der Waals surface area contributed by atoms with Crippen molar-refractivity contribution in [3.63, 3.8) is 0 Å². The Morgan fingerprint density at radius 1 is 1.71 bits per heavy atom. The summed E-state index contributed by atoms with van der Waals surface area (Å²) in [6.07, 6.45) is 0.465. The second-order valence-corrected chi connectivity index (χ2v) is 4.42. The van der Waals surface area contributed by atoms with E-state index in [-0.39, 0.29) is 0 Å². The predicted molar refractivity (Wildman–Crippen MR) is 32.3 cm³/mol. The van der Waals surface area contributed by atoms with E-state index in [4.69, 9.17) is 5.26 Å². The van der Waals surface area contributed by atoms with Crippen LogP contribution in [0.1, 0.15) is 0 Å². The van der Waals surface area contributed by atoms with E-state index in [9.17, 15) is 4.79 Å². The van der Waals surface area contributed by atoms with Gasteiger partial charge in [0.05, 0.1) is 0 Å². The molecule has 0 fully saturated rings. The Bertz CT molecular complexity index is 115. The highest BCUT2D eigenvalue weighted by Crippen LogP contribution is 2.20. The summed E-state index contributed by atoms with van der Waals surface area (Å²) in [7, 11) is 0. The number of halogens is 2. The number of hydrogen-bond donors (Lipinski definition) is 0. The van der Waals surface area contributed by atoms with Crippen LogP contribution in [0.2, 0.25) is 0 Å². The number of nitriles is 1. The molecule has 0 amide bonds. The van der Waals surface area contributed by atoms with E-state index >= 15 is 0 Å². The Morgan fingerprint density at radius 3 is 2.14 bits per heavy atom. The summed E-state index contributed by atoms with van der Waals surface area (Å²) in [4.78, 5) is 9.74. The third-order valence-corrected chi connectivity index (χ3v) is 1.03.